The van der Waals surface area contributed by atoms with E-state index in [0.717, 1.165) is 5.56 Å². The number of hydrogen-bond acceptors (Lipinski definition) is 3. The molecule has 0 aliphatic heterocycles. The predicted octanol–water partition coefficient (Wildman–Crippen LogP) is 2.76. The smallest absolute Gasteiger partial charge is 0.197 e. The van der Waals surface area contributed by atoms with Crippen molar-refractivity contribution >= 4 is 17.1 Å². The fourth-order valence-corrected chi connectivity index (χ4v) is 2.00. The van der Waals surface area contributed by atoms with Crippen LogP contribution in [-0.2, 0) is 0 Å². The molecular weight excluding hydrogens is 238 g/mol. The van der Waals surface area contributed by atoms with Gasteiger partial charge in [0.2, 0.25) is 0 Å². The van der Waals surface area contributed by atoms with Gasteiger partial charge in [-0.2, -0.15) is 0 Å². The number of aromatic hydroxyl groups is 1. The maximum atomic E-state index is 9.87. The molecular formula is C12H8ClN3O. The minimum absolute atomic E-state index is 0.0979. The summed E-state index contributed by atoms with van der Waals surface area (Å²) in [6.45, 7) is 0. The van der Waals surface area contributed by atoms with Crippen LogP contribution in [0.1, 0.15) is 0 Å². The van der Waals surface area contributed by atoms with E-state index >= 15 is 0 Å². The molecule has 0 spiro atoms. The molecule has 0 radical (unpaired) electrons. The first-order valence-corrected chi connectivity index (χ1v) is 5.41. The molecule has 3 rings (SSSR count). The molecule has 0 aromatic carbocycles. The van der Waals surface area contributed by atoms with Gasteiger partial charge in [0.1, 0.15) is 0 Å². The van der Waals surface area contributed by atoms with Crippen LogP contribution in [0.5, 0.6) is 5.88 Å². The molecule has 3 aromatic heterocycles. The van der Waals surface area contributed by atoms with Gasteiger partial charge in [0.25, 0.3) is 0 Å². The molecule has 0 fully saturated rings. The summed E-state index contributed by atoms with van der Waals surface area (Å²) in [5.74, 6) is 0.678. The van der Waals surface area contributed by atoms with Gasteiger partial charge in [0.15, 0.2) is 16.9 Å². The van der Waals surface area contributed by atoms with E-state index in [1.54, 1.807) is 35.0 Å². The van der Waals surface area contributed by atoms with E-state index in [1.807, 2.05) is 12.1 Å². The molecule has 17 heavy (non-hydrogen) atoms. The first-order chi connectivity index (χ1) is 8.27. The van der Waals surface area contributed by atoms with E-state index in [2.05, 4.69) is 9.97 Å². The topological polar surface area (TPSA) is 50.4 Å². The van der Waals surface area contributed by atoms with Crippen LogP contribution in [-0.4, -0.2) is 19.5 Å². The lowest BCUT2D eigenvalue weighted by molar-refractivity contribution is 0.447. The van der Waals surface area contributed by atoms with Crippen molar-refractivity contribution in [2.75, 3.05) is 0 Å². The minimum atomic E-state index is 0.0979. The van der Waals surface area contributed by atoms with E-state index in [4.69, 9.17) is 11.6 Å². The average Bonchev–Trinajstić information content (AvgIpc) is 2.70. The lowest BCUT2D eigenvalue weighted by atomic mass is 10.3. The summed E-state index contributed by atoms with van der Waals surface area (Å²) in [6, 6.07) is 8.79. The SMILES string of the molecule is Oc1cccc2c(Cl)nc(-c3cccnc3)n12. The summed E-state index contributed by atoms with van der Waals surface area (Å²) < 4.78 is 1.60. The van der Waals surface area contributed by atoms with Crippen molar-refractivity contribution in [1.82, 2.24) is 14.4 Å². The third kappa shape index (κ3) is 1.54. The van der Waals surface area contributed by atoms with Gasteiger partial charge in [0, 0.05) is 18.0 Å². The Bertz CT molecular complexity index is 679. The first-order valence-electron chi connectivity index (χ1n) is 5.04. The molecule has 0 aliphatic rings. The summed E-state index contributed by atoms with van der Waals surface area (Å²) in [6.07, 6.45) is 3.36. The molecule has 0 unspecified atom stereocenters. The van der Waals surface area contributed by atoms with Crippen LogP contribution in [0, 0.1) is 0 Å². The fraction of sp³-hybridized carbons (Fsp3) is 0. The Balaban J connectivity index is 2.38. The maximum absolute atomic E-state index is 9.87. The van der Waals surface area contributed by atoms with Crippen LogP contribution < -0.4 is 0 Å². The number of halogens is 1. The van der Waals surface area contributed by atoms with Crippen molar-refractivity contribution < 1.29 is 5.11 Å². The molecule has 0 saturated heterocycles. The second kappa shape index (κ2) is 3.75. The largest absolute Gasteiger partial charge is 0.494 e. The number of hydrogen-bond donors (Lipinski definition) is 1. The Hall–Kier alpha value is -2.07. The van der Waals surface area contributed by atoms with Crippen molar-refractivity contribution in [1.29, 1.82) is 0 Å². The molecule has 4 nitrogen and oxygen atoms in total. The zero-order valence-electron chi connectivity index (χ0n) is 8.71. The molecule has 0 saturated carbocycles. The molecule has 84 valence electrons. The quantitative estimate of drug-likeness (QED) is 0.717. The van der Waals surface area contributed by atoms with Gasteiger partial charge in [-0.15, -0.1) is 0 Å². The molecule has 5 heteroatoms. The van der Waals surface area contributed by atoms with Crippen molar-refractivity contribution in [2.45, 2.75) is 0 Å². The van der Waals surface area contributed by atoms with Crippen LogP contribution in [0.15, 0.2) is 42.7 Å². The molecule has 3 heterocycles. The number of rotatable bonds is 1. The van der Waals surface area contributed by atoms with Crippen LogP contribution in [0.25, 0.3) is 16.9 Å². The number of pyridine rings is 2. The zero-order valence-corrected chi connectivity index (χ0v) is 9.46. The minimum Gasteiger partial charge on any atom is -0.494 e. The van der Waals surface area contributed by atoms with Gasteiger partial charge in [0.05, 0.1) is 5.52 Å². The van der Waals surface area contributed by atoms with Gasteiger partial charge in [-0.05, 0) is 24.3 Å². The van der Waals surface area contributed by atoms with Gasteiger partial charge in [-0.25, -0.2) is 4.98 Å². The summed E-state index contributed by atoms with van der Waals surface area (Å²) >= 11 is 6.04. The van der Waals surface area contributed by atoms with Gasteiger partial charge >= 0.3 is 0 Å². The number of fused-ring (bicyclic) bond motifs is 1. The molecule has 0 bridgehead atoms. The lowest BCUT2D eigenvalue weighted by Gasteiger charge is -2.02. The standard InChI is InChI=1S/C12H8ClN3O/c13-11-9-4-1-5-10(17)16(9)12(15-11)8-3-2-6-14-7-8/h1-7,17H. The Labute approximate surface area is 102 Å². The van der Waals surface area contributed by atoms with Crippen molar-refractivity contribution in [3.05, 3.63) is 47.9 Å². The van der Waals surface area contributed by atoms with E-state index < -0.39 is 0 Å². The van der Waals surface area contributed by atoms with Crippen LogP contribution in [0.2, 0.25) is 5.15 Å². The average molecular weight is 246 g/mol. The Morgan fingerprint density at radius 2 is 2.06 bits per heavy atom. The third-order valence-corrected chi connectivity index (χ3v) is 2.79. The van der Waals surface area contributed by atoms with Crippen LogP contribution in [0.4, 0.5) is 0 Å². The van der Waals surface area contributed by atoms with Crippen molar-refractivity contribution in [3.63, 3.8) is 0 Å². The lowest BCUT2D eigenvalue weighted by Crippen LogP contribution is -1.90. The highest BCUT2D eigenvalue weighted by atomic mass is 35.5. The fourth-order valence-electron chi connectivity index (χ4n) is 1.77. The Morgan fingerprint density at radius 1 is 1.18 bits per heavy atom. The van der Waals surface area contributed by atoms with E-state index in [-0.39, 0.29) is 5.88 Å². The maximum Gasteiger partial charge on any atom is 0.197 e. The van der Waals surface area contributed by atoms with Crippen molar-refractivity contribution in [3.8, 4) is 17.3 Å². The van der Waals surface area contributed by atoms with Crippen molar-refractivity contribution in [2.24, 2.45) is 0 Å². The highest BCUT2D eigenvalue weighted by Crippen LogP contribution is 2.28. The molecule has 1 N–H and O–H groups in total. The Morgan fingerprint density at radius 3 is 2.82 bits per heavy atom. The van der Waals surface area contributed by atoms with Gasteiger partial charge in [-0.1, -0.05) is 17.7 Å². The predicted molar refractivity (Wildman–Crippen MR) is 65.1 cm³/mol. The van der Waals surface area contributed by atoms with E-state index in [1.165, 1.54) is 0 Å². The van der Waals surface area contributed by atoms with E-state index in [0.29, 0.717) is 16.5 Å². The number of nitrogens with zero attached hydrogens (tertiary/aromatic N) is 3. The monoisotopic (exact) mass is 245 g/mol. The highest BCUT2D eigenvalue weighted by Gasteiger charge is 2.13. The summed E-state index contributed by atoms with van der Waals surface area (Å²) in [5, 5.41) is 10.2. The zero-order chi connectivity index (χ0) is 11.8. The third-order valence-electron chi connectivity index (χ3n) is 2.52. The van der Waals surface area contributed by atoms with E-state index in [9.17, 15) is 5.11 Å². The summed E-state index contributed by atoms with van der Waals surface area (Å²) in [7, 11) is 0. The van der Waals surface area contributed by atoms with Crippen LogP contribution >= 0.6 is 11.6 Å². The number of imidazole rings is 1. The second-order valence-corrected chi connectivity index (χ2v) is 3.93. The summed E-state index contributed by atoms with van der Waals surface area (Å²) in [5.41, 5.74) is 1.47. The highest BCUT2D eigenvalue weighted by molar-refractivity contribution is 6.32. The molecule has 0 atom stereocenters. The summed E-state index contributed by atoms with van der Waals surface area (Å²) in [4.78, 5) is 8.28. The molecule has 0 aliphatic carbocycles. The second-order valence-electron chi connectivity index (χ2n) is 3.57. The Kier molecular flexibility index (Phi) is 2.23. The van der Waals surface area contributed by atoms with Gasteiger partial charge < -0.3 is 5.11 Å². The number of aromatic nitrogens is 3. The van der Waals surface area contributed by atoms with Crippen LogP contribution in [0.3, 0.4) is 0 Å². The normalized spacial score (nSPS) is 10.9. The molecule has 3 aromatic rings. The first kappa shape index (κ1) is 10.1. The molecule has 0 amide bonds. The van der Waals surface area contributed by atoms with Gasteiger partial charge in [-0.3, -0.25) is 9.38 Å².